The molecule has 1 rings (SSSR count). The zero-order chi connectivity index (χ0) is 11.3. The van der Waals surface area contributed by atoms with Gasteiger partial charge in [-0.15, -0.1) is 0 Å². The Balaban J connectivity index is 2.51. The lowest BCUT2D eigenvalue weighted by Crippen LogP contribution is -2.23. The highest BCUT2D eigenvalue weighted by Gasteiger charge is 2.01. The Morgan fingerprint density at radius 3 is 2.80 bits per heavy atom. The molecule has 0 unspecified atom stereocenters. The molecule has 0 aliphatic rings. The maximum absolute atomic E-state index is 10.9. The predicted octanol–water partition coefficient (Wildman–Crippen LogP) is 2.84. The molecule has 0 spiro atoms. The molecule has 0 atom stereocenters. The van der Waals surface area contributed by atoms with Crippen LogP contribution in [-0.4, -0.2) is 12.5 Å². The molecule has 2 nitrogen and oxygen atoms in total. The molecule has 1 aromatic rings. The predicted molar refractivity (Wildman–Crippen MR) is 63.4 cm³/mol. The van der Waals surface area contributed by atoms with Crippen LogP contribution in [0.3, 0.4) is 0 Å². The number of carbonyl (C=O) groups is 1. The summed E-state index contributed by atoms with van der Waals surface area (Å²) in [7, 11) is 0. The van der Waals surface area contributed by atoms with Gasteiger partial charge in [0.05, 0.1) is 0 Å². The van der Waals surface area contributed by atoms with Gasteiger partial charge in [0.1, 0.15) is 0 Å². The Bertz CT molecular complexity index is 377. The first-order valence-corrected chi connectivity index (χ1v) is 5.23. The minimum Gasteiger partial charge on any atom is -0.352 e. The number of carbonyl (C=O) groups excluding carboxylic acids is 1. The van der Waals surface area contributed by atoms with E-state index in [2.05, 4.69) is 11.9 Å². The second kappa shape index (κ2) is 5.79. The molecular formula is C11H11Cl2NO. The highest BCUT2D eigenvalue weighted by molar-refractivity contribution is 6.35. The van der Waals surface area contributed by atoms with Crippen LogP contribution in [0.25, 0.3) is 0 Å². The summed E-state index contributed by atoms with van der Waals surface area (Å²) < 4.78 is 0. The highest BCUT2D eigenvalue weighted by atomic mass is 35.5. The van der Waals surface area contributed by atoms with E-state index in [1.807, 2.05) is 6.07 Å². The highest BCUT2D eigenvalue weighted by Crippen LogP contribution is 2.20. The fraction of sp³-hybridized carbons (Fsp3) is 0.182. The molecule has 1 N–H and O–H groups in total. The van der Waals surface area contributed by atoms with Crippen LogP contribution in [0, 0.1) is 0 Å². The lowest BCUT2D eigenvalue weighted by atomic mass is 10.1. The summed E-state index contributed by atoms with van der Waals surface area (Å²) in [6, 6.07) is 5.32. The second-order valence-corrected chi connectivity index (χ2v) is 3.82. The standard InChI is InChI=1S/C11H11Cl2NO/c1-2-11(15)14-6-5-8-3-4-9(12)7-10(8)13/h2-4,7H,1,5-6H2,(H,14,15). The van der Waals surface area contributed by atoms with E-state index in [4.69, 9.17) is 23.2 Å². The van der Waals surface area contributed by atoms with Crippen LogP contribution in [0.4, 0.5) is 0 Å². The van der Waals surface area contributed by atoms with Gasteiger partial charge in [-0.3, -0.25) is 4.79 Å². The van der Waals surface area contributed by atoms with Gasteiger partial charge in [0.25, 0.3) is 0 Å². The van der Waals surface area contributed by atoms with Crippen molar-refractivity contribution in [2.24, 2.45) is 0 Å². The summed E-state index contributed by atoms with van der Waals surface area (Å²) >= 11 is 11.7. The fourth-order valence-corrected chi connectivity index (χ4v) is 1.62. The van der Waals surface area contributed by atoms with Crippen LogP contribution in [-0.2, 0) is 11.2 Å². The third-order valence-electron chi connectivity index (χ3n) is 1.89. The van der Waals surface area contributed by atoms with Crippen molar-refractivity contribution >= 4 is 29.1 Å². The summed E-state index contributed by atoms with van der Waals surface area (Å²) in [5.41, 5.74) is 0.963. The van der Waals surface area contributed by atoms with Crippen molar-refractivity contribution in [3.63, 3.8) is 0 Å². The minimum atomic E-state index is -0.180. The first kappa shape index (κ1) is 12.1. The molecule has 1 amide bonds. The Morgan fingerprint density at radius 1 is 1.47 bits per heavy atom. The van der Waals surface area contributed by atoms with Crippen LogP contribution < -0.4 is 5.32 Å². The SMILES string of the molecule is C=CC(=O)NCCc1ccc(Cl)cc1Cl. The normalized spacial score (nSPS) is 9.73. The summed E-state index contributed by atoms with van der Waals surface area (Å²) in [5, 5.41) is 3.90. The first-order valence-electron chi connectivity index (χ1n) is 4.47. The first-order chi connectivity index (χ1) is 7.13. The van der Waals surface area contributed by atoms with E-state index in [0.29, 0.717) is 23.0 Å². The third-order valence-corrected chi connectivity index (χ3v) is 2.48. The van der Waals surface area contributed by atoms with Gasteiger partial charge in [-0.1, -0.05) is 35.8 Å². The van der Waals surface area contributed by atoms with Gasteiger partial charge < -0.3 is 5.32 Å². The number of nitrogens with one attached hydrogen (secondary N) is 1. The van der Waals surface area contributed by atoms with E-state index in [1.165, 1.54) is 6.08 Å². The van der Waals surface area contributed by atoms with Crippen molar-refractivity contribution in [3.05, 3.63) is 46.5 Å². The van der Waals surface area contributed by atoms with E-state index in [9.17, 15) is 4.79 Å². The largest absolute Gasteiger partial charge is 0.352 e. The molecule has 1 aromatic carbocycles. The molecule has 80 valence electrons. The number of benzene rings is 1. The monoisotopic (exact) mass is 243 g/mol. The van der Waals surface area contributed by atoms with Gasteiger partial charge in [0.2, 0.25) is 5.91 Å². The van der Waals surface area contributed by atoms with Crippen LogP contribution in [0.5, 0.6) is 0 Å². The van der Waals surface area contributed by atoms with E-state index in [1.54, 1.807) is 12.1 Å². The van der Waals surface area contributed by atoms with Gasteiger partial charge in [-0.2, -0.15) is 0 Å². The van der Waals surface area contributed by atoms with Gasteiger partial charge >= 0.3 is 0 Å². The maximum atomic E-state index is 10.9. The quantitative estimate of drug-likeness (QED) is 0.810. The van der Waals surface area contributed by atoms with Crippen molar-refractivity contribution in [3.8, 4) is 0 Å². The van der Waals surface area contributed by atoms with Crippen LogP contribution in [0.15, 0.2) is 30.9 Å². The topological polar surface area (TPSA) is 29.1 Å². The molecule has 0 bridgehead atoms. The Hall–Kier alpha value is -0.990. The van der Waals surface area contributed by atoms with E-state index < -0.39 is 0 Å². The molecule has 0 heterocycles. The molecule has 0 fully saturated rings. The van der Waals surface area contributed by atoms with Crippen molar-refractivity contribution in [1.82, 2.24) is 5.32 Å². The summed E-state index contributed by atoms with van der Waals surface area (Å²) in [4.78, 5) is 10.9. The van der Waals surface area contributed by atoms with Crippen molar-refractivity contribution in [1.29, 1.82) is 0 Å². The third kappa shape index (κ3) is 3.94. The average molecular weight is 244 g/mol. The Morgan fingerprint density at radius 2 is 2.20 bits per heavy atom. The van der Waals surface area contributed by atoms with Gasteiger partial charge in [-0.25, -0.2) is 0 Å². The summed E-state index contributed by atoms with van der Waals surface area (Å²) in [5.74, 6) is -0.180. The lowest BCUT2D eigenvalue weighted by Gasteiger charge is -2.05. The zero-order valence-electron chi connectivity index (χ0n) is 8.09. The number of rotatable bonds is 4. The van der Waals surface area contributed by atoms with Gasteiger partial charge in [0, 0.05) is 16.6 Å². The van der Waals surface area contributed by atoms with Crippen LogP contribution in [0.2, 0.25) is 10.0 Å². The second-order valence-electron chi connectivity index (χ2n) is 2.98. The lowest BCUT2D eigenvalue weighted by molar-refractivity contribution is -0.116. The number of amides is 1. The zero-order valence-corrected chi connectivity index (χ0v) is 9.61. The molecule has 0 saturated carbocycles. The van der Waals surface area contributed by atoms with Crippen LogP contribution >= 0.6 is 23.2 Å². The Labute approximate surface area is 98.9 Å². The van der Waals surface area contributed by atoms with Gasteiger partial charge in [0.15, 0.2) is 0 Å². The number of hydrogen-bond acceptors (Lipinski definition) is 1. The maximum Gasteiger partial charge on any atom is 0.243 e. The van der Waals surface area contributed by atoms with E-state index in [0.717, 1.165) is 5.56 Å². The number of halogens is 2. The summed E-state index contributed by atoms with van der Waals surface area (Å²) in [6.07, 6.45) is 1.92. The molecule has 0 aliphatic heterocycles. The van der Waals surface area contributed by atoms with Crippen molar-refractivity contribution in [2.45, 2.75) is 6.42 Å². The van der Waals surface area contributed by atoms with E-state index >= 15 is 0 Å². The van der Waals surface area contributed by atoms with Crippen molar-refractivity contribution < 1.29 is 4.79 Å². The smallest absolute Gasteiger partial charge is 0.243 e. The van der Waals surface area contributed by atoms with E-state index in [-0.39, 0.29) is 5.91 Å². The molecule has 0 aliphatic carbocycles. The van der Waals surface area contributed by atoms with Gasteiger partial charge in [-0.05, 0) is 30.2 Å². The Kier molecular flexibility index (Phi) is 4.66. The average Bonchev–Trinajstić information content (AvgIpc) is 2.21. The molecule has 0 aromatic heterocycles. The molecule has 4 heteroatoms. The molecular weight excluding hydrogens is 233 g/mol. The molecule has 0 radical (unpaired) electrons. The summed E-state index contributed by atoms with van der Waals surface area (Å²) in [6.45, 7) is 3.89. The minimum absolute atomic E-state index is 0.180. The number of hydrogen-bond donors (Lipinski definition) is 1. The fourth-order valence-electron chi connectivity index (χ4n) is 1.12. The molecule has 15 heavy (non-hydrogen) atoms. The van der Waals surface area contributed by atoms with Crippen LogP contribution in [0.1, 0.15) is 5.56 Å². The molecule has 0 saturated heterocycles. The van der Waals surface area contributed by atoms with Crippen molar-refractivity contribution in [2.75, 3.05) is 6.54 Å².